The maximum atomic E-state index is 13.8. The van der Waals surface area contributed by atoms with Crippen LogP contribution in [0.5, 0.6) is 5.75 Å². The lowest BCUT2D eigenvalue weighted by Crippen LogP contribution is -2.53. The minimum atomic E-state index is -1.51. The Kier molecular flexibility index (Phi) is 4.51. The second-order valence-corrected chi connectivity index (χ2v) is 8.50. The Labute approximate surface area is 187 Å². The largest absolute Gasteiger partial charge is 0.495 e. The molecule has 164 valence electrons. The number of carbonyl (C=O) groups is 4. The van der Waals surface area contributed by atoms with Crippen molar-refractivity contribution in [3.8, 4) is 5.75 Å². The SMILES string of the molecule is COc1ccc(Cl)cc1N1C(=O)[C@@H]2[C@H](CC(N)=O)N[C@]3(C(=O)Nc4ccccc43)[C@@H]2C1=O. The molecule has 4 atom stereocenters. The second-order valence-electron chi connectivity index (χ2n) is 8.06. The summed E-state index contributed by atoms with van der Waals surface area (Å²) < 4.78 is 5.34. The molecule has 0 unspecified atom stereocenters. The number of halogens is 1. The minimum Gasteiger partial charge on any atom is -0.495 e. The van der Waals surface area contributed by atoms with Gasteiger partial charge in [-0.25, -0.2) is 4.90 Å². The number of nitrogens with one attached hydrogen (secondary N) is 2. The number of fused-ring (bicyclic) bond motifs is 4. The van der Waals surface area contributed by atoms with Gasteiger partial charge in [0, 0.05) is 28.7 Å². The average molecular weight is 455 g/mol. The van der Waals surface area contributed by atoms with Crippen LogP contribution in [0.15, 0.2) is 42.5 Å². The van der Waals surface area contributed by atoms with Crippen LogP contribution in [0, 0.1) is 11.8 Å². The highest BCUT2D eigenvalue weighted by molar-refractivity contribution is 6.32. The molecule has 2 aromatic carbocycles. The first kappa shape index (κ1) is 20.5. The molecule has 0 radical (unpaired) electrons. The first-order valence-corrected chi connectivity index (χ1v) is 10.4. The summed E-state index contributed by atoms with van der Waals surface area (Å²) in [7, 11) is 1.41. The molecule has 2 aromatic rings. The molecule has 9 nitrogen and oxygen atoms in total. The van der Waals surface area contributed by atoms with E-state index in [0.717, 1.165) is 4.90 Å². The fraction of sp³-hybridized carbons (Fsp3) is 0.273. The van der Waals surface area contributed by atoms with Gasteiger partial charge in [0.2, 0.25) is 23.6 Å². The minimum absolute atomic E-state index is 0.184. The monoisotopic (exact) mass is 454 g/mol. The summed E-state index contributed by atoms with van der Waals surface area (Å²) in [6.07, 6.45) is -0.210. The summed E-state index contributed by atoms with van der Waals surface area (Å²) in [6, 6.07) is 10.7. The number of methoxy groups -OCH3 is 1. The second kappa shape index (κ2) is 7.04. The molecule has 0 aromatic heterocycles. The number of benzene rings is 2. The first-order chi connectivity index (χ1) is 15.3. The van der Waals surface area contributed by atoms with Crippen molar-refractivity contribution in [3.05, 3.63) is 53.1 Å². The van der Waals surface area contributed by atoms with Crippen LogP contribution in [-0.2, 0) is 24.7 Å². The Morgan fingerprint density at radius 1 is 1.19 bits per heavy atom. The van der Waals surface area contributed by atoms with Gasteiger partial charge in [-0.1, -0.05) is 29.8 Å². The number of para-hydroxylation sites is 1. The van der Waals surface area contributed by atoms with E-state index in [9.17, 15) is 19.2 Å². The van der Waals surface area contributed by atoms with E-state index in [2.05, 4.69) is 10.6 Å². The van der Waals surface area contributed by atoms with Crippen molar-refractivity contribution in [1.29, 1.82) is 0 Å². The van der Waals surface area contributed by atoms with E-state index >= 15 is 0 Å². The zero-order chi connectivity index (χ0) is 22.8. The van der Waals surface area contributed by atoms with E-state index in [1.54, 1.807) is 36.4 Å². The summed E-state index contributed by atoms with van der Waals surface area (Å²) >= 11 is 6.13. The fourth-order valence-electron chi connectivity index (χ4n) is 5.23. The van der Waals surface area contributed by atoms with E-state index in [1.165, 1.54) is 13.2 Å². The predicted molar refractivity (Wildman–Crippen MR) is 115 cm³/mol. The van der Waals surface area contributed by atoms with Gasteiger partial charge in [-0.2, -0.15) is 0 Å². The van der Waals surface area contributed by atoms with Crippen LogP contribution in [0.3, 0.4) is 0 Å². The summed E-state index contributed by atoms with van der Waals surface area (Å²) in [6.45, 7) is 0. The highest BCUT2D eigenvalue weighted by Crippen LogP contribution is 2.54. The van der Waals surface area contributed by atoms with Gasteiger partial charge in [0.15, 0.2) is 0 Å². The van der Waals surface area contributed by atoms with Crippen LogP contribution in [0.25, 0.3) is 0 Å². The van der Waals surface area contributed by atoms with Crippen molar-refractivity contribution >= 4 is 46.6 Å². The molecular weight excluding hydrogens is 436 g/mol. The lowest BCUT2D eigenvalue weighted by atomic mass is 9.76. The number of anilines is 2. The summed E-state index contributed by atoms with van der Waals surface area (Å²) in [5, 5.41) is 6.24. The van der Waals surface area contributed by atoms with E-state index in [4.69, 9.17) is 22.1 Å². The zero-order valence-electron chi connectivity index (χ0n) is 16.9. The Hall–Kier alpha value is -3.43. The Balaban J connectivity index is 1.69. The van der Waals surface area contributed by atoms with Gasteiger partial charge in [0.25, 0.3) is 0 Å². The Morgan fingerprint density at radius 2 is 1.94 bits per heavy atom. The normalized spacial score (nSPS) is 28.1. The number of ether oxygens (including phenoxy) is 1. The molecule has 1 spiro atoms. The average Bonchev–Trinajstić information content (AvgIpc) is 3.32. The van der Waals surface area contributed by atoms with Crippen molar-refractivity contribution < 1.29 is 23.9 Å². The number of nitrogens with two attached hydrogens (primary N) is 1. The van der Waals surface area contributed by atoms with Gasteiger partial charge in [-0.15, -0.1) is 0 Å². The van der Waals surface area contributed by atoms with Crippen molar-refractivity contribution in [1.82, 2.24) is 5.32 Å². The van der Waals surface area contributed by atoms with Gasteiger partial charge in [-0.3, -0.25) is 24.5 Å². The van der Waals surface area contributed by atoms with Gasteiger partial charge in [0.05, 0.1) is 24.6 Å². The molecule has 5 rings (SSSR count). The lowest BCUT2D eigenvalue weighted by Gasteiger charge is -2.29. The van der Waals surface area contributed by atoms with Crippen molar-refractivity contribution in [2.75, 3.05) is 17.3 Å². The van der Waals surface area contributed by atoms with Crippen LogP contribution in [0.2, 0.25) is 5.02 Å². The third-order valence-electron chi connectivity index (χ3n) is 6.43. The zero-order valence-corrected chi connectivity index (χ0v) is 17.7. The van der Waals surface area contributed by atoms with Crippen LogP contribution < -0.4 is 26.0 Å². The van der Waals surface area contributed by atoms with E-state index in [1.807, 2.05) is 0 Å². The third-order valence-corrected chi connectivity index (χ3v) is 6.66. The maximum absolute atomic E-state index is 13.8. The number of rotatable bonds is 4. The number of hydrogen-bond acceptors (Lipinski definition) is 6. The van der Waals surface area contributed by atoms with Crippen molar-refractivity contribution in [2.45, 2.75) is 18.0 Å². The predicted octanol–water partition coefficient (Wildman–Crippen LogP) is 1.15. The maximum Gasteiger partial charge on any atom is 0.250 e. The summed E-state index contributed by atoms with van der Waals surface area (Å²) in [5.41, 5.74) is 5.21. The van der Waals surface area contributed by atoms with Gasteiger partial charge in [-0.05, 0) is 24.3 Å². The molecule has 2 fully saturated rings. The van der Waals surface area contributed by atoms with Crippen LogP contribution >= 0.6 is 11.6 Å². The van der Waals surface area contributed by atoms with Crippen LogP contribution in [-0.4, -0.2) is 36.8 Å². The Morgan fingerprint density at radius 3 is 2.66 bits per heavy atom. The van der Waals surface area contributed by atoms with Gasteiger partial charge in [0.1, 0.15) is 11.3 Å². The van der Waals surface area contributed by atoms with Gasteiger partial charge < -0.3 is 15.8 Å². The molecule has 2 saturated heterocycles. The van der Waals surface area contributed by atoms with Crippen molar-refractivity contribution in [3.63, 3.8) is 0 Å². The fourth-order valence-corrected chi connectivity index (χ4v) is 5.39. The summed E-state index contributed by atoms with van der Waals surface area (Å²) in [4.78, 5) is 53.5. The molecule has 4 amide bonds. The lowest BCUT2D eigenvalue weighted by molar-refractivity contribution is -0.130. The molecule has 4 N–H and O–H groups in total. The molecule has 0 bridgehead atoms. The molecular formula is C22H19ClN4O5. The molecule has 0 aliphatic carbocycles. The quantitative estimate of drug-likeness (QED) is 0.594. The van der Waals surface area contributed by atoms with Gasteiger partial charge >= 0.3 is 0 Å². The highest BCUT2D eigenvalue weighted by Gasteiger charge is 2.70. The number of carbonyl (C=O) groups excluding carboxylic acids is 4. The highest BCUT2D eigenvalue weighted by atomic mass is 35.5. The molecule has 32 heavy (non-hydrogen) atoms. The molecule has 10 heteroatoms. The molecule has 3 aliphatic rings. The Bertz CT molecular complexity index is 1200. The molecule has 0 saturated carbocycles. The number of imide groups is 1. The van der Waals surface area contributed by atoms with E-state index < -0.39 is 47.0 Å². The van der Waals surface area contributed by atoms with E-state index in [0.29, 0.717) is 16.3 Å². The standard InChI is InChI=1S/C22H19ClN4O5/c1-32-15-7-6-10(23)8-14(15)27-19(29)17-13(9-16(24)28)26-22(18(17)20(27)30)11-4-2-3-5-12(11)25-21(22)31/h2-8,13,17-18,26H,9H2,1H3,(H2,24,28)(H,25,31)/t13-,17+,18-,22-/m0/s1. The third kappa shape index (κ3) is 2.61. The topological polar surface area (TPSA) is 131 Å². The van der Waals surface area contributed by atoms with Crippen LogP contribution in [0.1, 0.15) is 12.0 Å². The summed E-state index contributed by atoms with van der Waals surface area (Å²) in [5.74, 6) is -4.01. The smallest absolute Gasteiger partial charge is 0.250 e. The van der Waals surface area contributed by atoms with Crippen molar-refractivity contribution in [2.24, 2.45) is 17.6 Å². The number of hydrogen-bond donors (Lipinski definition) is 3. The van der Waals surface area contributed by atoms with E-state index in [-0.39, 0.29) is 17.9 Å². The van der Waals surface area contributed by atoms with Crippen LogP contribution in [0.4, 0.5) is 11.4 Å². The molecule has 3 heterocycles. The molecule has 3 aliphatic heterocycles. The number of primary amides is 1. The number of amides is 4. The number of nitrogens with zero attached hydrogens (tertiary/aromatic N) is 1. The first-order valence-electron chi connectivity index (χ1n) is 9.98.